The first-order chi connectivity index (χ1) is 10.9. The van der Waals surface area contributed by atoms with E-state index in [1.165, 1.54) is 11.1 Å². The van der Waals surface area contributed by atoms with Crippen LogP contribution in [-0.2, 0) is 11.2 Å². The molecule has 1 aromatic carbocycles. The molecule has 0 aromatic heterocycles. The molecular weight excluding hydrogens is 372 g/mol. The van der Waals surface area contributed by atoms with Crippen LogP contribution in [0.5, 0.6) is 0 Å². The van der Waals surface area contributed by atoms with Crippen molar-refractivity contribution in [1.82, 2.24) is 5.32 Å². The maximum Gasteiger partial charge on any atom is 0.120 e. The third-order valence-corrected chi connectivity index (χ3v) is 6.37. The van der Waals surface area contributed by atoms with Gasteiger partial charge in [0, 0.05) is 11.6 Å². The van der Waals surface area contributed by atoms with Crippen molar-refractivity contribution in [1.29, 1.82) is 5.41 Å². The van der Waals surface area contributed by atoms with Crippen LogP contribution in [0, 0.1) is 10.8 Å². The standard InChI is InChI=1S/C18H23BrN2OS/c1-11(20)17(23)21-16-15-9-13(19)4-3-12(15)10-18(16)7-5-14(22-2)6-8-18/h3-4,9,14,16,20H,5-8,10H2,1-2H3,(H,21,23)/t14?,16-,18?/m1/s1. The van der Waals surface area contributed by atoms with Gasteiger partial charge in [0.25, 0.3) is 0 Å². The molecule has 124 valence electrons. The smallest absolute Gasteiger partial charge is 0.120 e. The van der Waals surface area contributed by atoms with Gasteiger partial charge in [0.1, 0.15) is 4.99 Å². The number of methoxy groups -OCH3 is 1. The van der Waals surface area contributed by atoms with Gasteiger partial charge >= 0.3 is 0 Å². The van der Waals surface area contributed by atoms with Gasteiger partial charge in [0.2, 0.25) is 0 Å². The Labute approximate surface area is 151 Å². The molecule has 0 radical (unpaired) electrons. The van der Waals surface area contributed by atoms with E-state index in [1.54, 1.807) is 6.92 Å². The van der Waals surface area contributed by atoms with Crippen molar-refractivity contribution >= 4 is 38.8 Å². The molecule has 0 saturated heterocycles. The van der Waals surface area contributed by atoms with Crippen LogP contribution < -0.4 is 5.32 Å². The second kappa shape index (κ2) is 6.61. The van der Waals surface area contributed by atoms with E-state index in [2.05, 4.69) is 39.4 Å². The Hall–Kier alpha value is -0.780. The van der Waals surface area contributed by atoms with Crippen LogP contribution in [0.25, 0.3) is 0 Å². The molecule has 0 unspecified atom stereocenters. The lowest BCUT2D eigenvalue weighted by Crippen LogP contribution is -2.43. The van der Waals surface area contributed by atoms with Crippen LogP contribution in [0.15, 0.2) is 22.7 Å². The van der Waals surface area contributed by atoms with Crippen molar-refractivity contribution in [3.8, 4) is 0 Å². The molecule has 3 nitrogen and oxygen atoms in total. The summed E-state index contributed by atoms with van der Waals surface area (Å²) in [7, 11) is 1.81. The SMILES string of the molecule is COC1CCC2(CC1)Cc1ccc(Br)cc1[C@H]2NC(=S)C(C)=N. The molecule has 0 bridgehead atoms. The minimum Gasteiger partial charge on any atom is -0.381 e. The Kier molecular flexibility index (Phi) is 4.90. The summed E-state index contributed by atoms with van der Waals surface area (Å²) in [5.74, 6) is 0. The molecule has 1 saturated carbocycles. The number of thiocarbonyl (C=S) groups is 1. The van der Waals surface area contributed by atoms with E-state index in [0.717, 1.165) is 36.6 Å². The van der Waals surface area contributed by atoms with Gasteiger partial charge in [-0.15, -0.1) is 0 Å². The lowest BCUT2D eigenvalue weighted by Gasteiger charge is -2.42. The zero-order valence-electron chi connectivity index (χ0n) is 13.6. The zero-order chi connectivity index (χ0) is 16.6. The fraction of sp³-hybridized carbons (Fsp3) is 0.556. The van der Waals surface area contributed by atoms with Crippen LogP contribution >= 0.6 is 28.1 Å². The molecule has 1 fully saturated rings. The molecule has 2 N–H and O–H groups in total. The highest BCUT2D eigenvalue weighted by Gasteiger charge is 2.48. The second-order valence-electron chi connectivity index (χ2n) is 6.85. The van der Waals surface area contributed by atoms with Crippen molar-refractivity contribution in [2.45, 2.75) is 51.2 Å². The molecule has 0 aliphatic heterocycles. The molecule has 0 amide bonds. The second-order valence-corrected chi connectivity index (χ2v) is 8.17. The average Bonchev–Trinajstić information content (AvgIpc) is 2.81. The van der Waals surface area contributed by atoms with E-state index in [1.807, 2.05) is 7.11 Å². The average molecular weight is 395 g/mol. The summed E-state index contributed by atoms with van der Waals surface area (Å²) in [6.45, 7) is 1.75. The van der Waals surface area contributed by atoms with Gasteiger partial charge in [-0.3, -0.25) is 0 Å². The van der Waals surface area contributed by atoms with Gasteiger partial charge in [0.05, 0.1) is 17.9 Å². The molecular formula is C18H23BrN2OS. The van der Waals surface area contributed by atoms with Gasteiger partial charge in [-0.2, -0.15) is 0 Å². The van der Waals surface area contributed by atoms with E-state index >= 15 is 0 Å². The maximum absolute atomic E-state index is 7.82. The third kappa shape index (κ3) is 3.24. The highest BCUT2D eigenvalue weighted by Crippen LogP contribution is 2.54. The minimum atomic E-state index is 0.192. The van der Waals surface area contributed by atoms with E-state index in [4.69, 9.17) is 22.4 Å². The Morgan fingerprint density at radius 3 is 2.70 bits per heavy atom. The largest absolute Gasteiger partial charge is 0.381 e. The fourth-order valence-corrected chi connectivity index (χ4v) is 4.64. The number of nitrogens with one attached hydrogen (secondary N) is 2. The number of hydrogen-bond acceptors (Lipinski definition) is 3. The molecule has 5 heteroatoms. The lowest BCUT2D eigenvalue weighted by molar-refractivity contribution is 0.0183. The number of rotatable bonds is 3. The summed E-state index contributed by atoms with van der Waals surface area (Å²) in [4.78, 5) is 0.566. The van der Waals surface area contributed by atoms with E-state index < -0.39 is 0 Å². The first-order valence-electron chi connectivity index (χ1n) is 8.12. The first-order valence-corrected chi connectivity index (χ1v) is 9.32. The summed E-state index contributed by atoms with van der Waals surface area (Å²) >= 11 is 9.00. The lowest BCUT2D eigenvalue weighted by atomic mass is 9.68. The molecule has 23 heavy (non-hydrogen) atoms. The summed E-state index contributed by atoms with van der Waals surface area (Å²) < 4.78 is 6.66. The molecule has 1 aromatic rings. The highest BCUT2D eigenvalue weighted by atomic mass is 79.9. The molecule has 3 rings (SSSR count). The van der Waals surface area contributed by atoms with Crippen LogP contribution in [0.2, 0.25) is 0 Å². The normalized spacial score (nSPS) is 29.3. The van der Waals surface area contributed by atoms with Crippen molar-refractivity contribution in [3.63, 3.8) is 0 Å². The zero-order valence-corrected chi connectivity index (χ0v) is 16.0. The Morgan fingerprint density at radius 2 is 2.09 bits per heavy atom. The number of hydrogen-bond donors (Lipinski definition) is 2. The molecule has 2 aliphatic rings. The Morgan fingerprint density at radius 1 is 1.39 bits per heavy atom. The van der Waals surface area contributed by atoms with Crippen LogP contribution in [0.1, 0.15) is 49.8 Å². The van der Waals surface area contributed by atoms with E-state index in [9.17, 15) is 0 Å². The summed E-state index contributed by atoms with van der Waals surface area (Å²) in [6.07, 6.45) is 5.93. The van der Waals surface area contributed by atoms with E-state index in [-0.39, 0.29) is 11.5 Å². The maximum atomic E-state index is 7.82. The van der Waals surface area contributed by atoms with Crippen LogP contribution in [0.3, 0.4) is 0 Å². The Bertz CT molecular complexity index is 638. The number of halogens is 1. The number of ether oxygens (including phenoxy) is 1. The highest BCUT2D eigenvalue weighted by molar-refractivity contribution is 9.10. The number of fused-ring (bicyclic) bond motifs is 1. The third-order valence-electron chi connectivity index (χ3n) is 5.45. The van der Waals surface area contributed by atoms with Gasteiger partial charge in [-0.1, -0.05) is 34.2 Å². The predicted molar refractivity (Wildman–Crippen MR) is 101 cm³/mol. The van der Waals surface area contributed by atoms with Gasteiger partial charge < -0.3 is 15.5 Å². The van der Waals surface area contributed by atoms with Crippen molar-refractivity contribution < 1.29 is 4.74 Å². The van der Waals surface area contributed by atoms with Crippen LogP contribution in [-0.4, -0.2) is 23.9 Å². The van der Waals surface area contributed by atoms with Gasteiger partial charge in [-0.25, -0.2) is 0 Å². The Balaban J connectivity index is 1.93. The van der Waals surface area contributed by atoms with Crippen molar-refractivity contribution in [3.05, 3.63) is 33.8 Å². The molecule has 0 heterocycles. The van der Waals surface area contributed by atoms with Crippen molar-refractivity contribution in [2.24, 2.45) is 5.41 Å². The van der Waals surface area contributed by atoms with E-state index in [0.29, 0.717) is 16.8 Å². The summed E-state index contributed by atoms with van der Waals surface area (Å²) in [6, 6.07) is 6.76. The van der Waals surface area contributed by atoms with Crippen LogP contribution in [0.4, 0.5) is 0 Å². The first kappa shape index (κ1) is 17.1. The molecule has 2 aliphatic carbocycles. The monoisotopic (exact) mass is 394 g/mol. The molecule has 1 spiro atoms. The quantitative estimate of drug-likeness (QED) is 0.582. The summed E-state index contributed by atoms with van der Waals surface area (Å²) in [5, 5.41) is 11.3. The number of benzene rings is 1. The fourth-order valence-electron chi connectivity index (χ4n) is 4.14. The van der Waals surface area contributed by atoms with Crippen molar-refractivity contribution in [2.75, 3.05) is 7.11 Å². The predicted octanol–water partition coefficient (Wildman–Crippen LogP) is 4.58. The van der Waals surface area contributed by atoms with Gasteiger partial charge in [-0.05, 0) is 67.7 Å². The molecule has 1 atom stereocenters. The van der Waals surface area contributed by atoms with Gasteiger partial charge in [0.15, 0.2) is 0 Å². The topological polar surface area (TPSA) is 45.1 Å². The minimum absolute atomic E-state index is 0.192. The summed E-state index contributed by atoms with van der Waals surface area (Å²) in [5.41, 5.74) is 3.37.